The Labute approximate surface area is 131 Å². The Bertz CT molecular complexity index is 316. The van der Waals surface area contributed by atoms with Crippen LogP contribution in [0, 0.1) is 17.3 Å². The first-order chi connectivity index (χ1) is 9.71. The fourth-order valence-electron chi connectivity index (χ4n) is 3.24. The predicted molar refractivity (Wildman–Crippen MR) is 89.1 cm³/mol. The molecule has 4 heteroatoms. The van der Waals surface area contributed by atoms with E-state index >= 15 is 0 Å². The van der Waals surface area contributed by atoms with Gasteiger partial charge in [-0.1, -0.05) is 34.6 Å². The van der Waals surface area contributed by atoms with Crippen LogP contribution in [0.5, 0.6) is 0 Å². The van der Waals surface area contributed by atoms with Crippen LogP contribution in [0.4, 0.5) is 0 Å². The third kappa shape index (κ3) is 7.28. The van der Waals surface area contributed by atoms with E-state index < -0.39 is 0 Å². The minimum atomic E-state index is 0.302. The van der Waals surface area contributed by atoms with Crippen LogP contribution in [0.1, 0.15) is 47.5 Å². The van der Waals surface area contributed by atoms with Crippen molar-refractivity contribution in [2.75, 3.05) is 39.3 Å². The largest absolute Gasteiger partial charge is 0.340 e. The van der Waals surface area contributed by atoms with Crippen LogP contribution in [0.2, 0.25) is 0 Å². The molecule has 1 rings (SSSR count). The van der Waals surface area contributed by atoms with Gasteiger partial charge in [0.25, 0.3) is 0 Å². The molecule has 1 saturated heterocycles. The second-order valence-corrected chi connectivity index (χ2v) is 8.10. The lowest BCUT2D eigenvalue weighted by atomic mass is 9.84. The Morgan fingerprint density at radius 2 is 1.67 bits per heavy atom. The average Bonchev–Trinajstić information content (AvgIpc) is 2.36. The fraction of sp³-hybridized carbons (Fsp3) is 0.941. The monoisotopic (exact) mass is 297 g/mol. The van der Waals surface area contributed by atoms with Gasteiger partial charge in [0.1, 0.15) is 0 Å². The van der Waals surface area contributed by atoms with Gasteiger partial charge >= 0.3 is 0 Å². The van der Waals surface area contributed by atoms with Gasteiger partial charge in [-0.25, -0.2) is 0 Å². The minimum absolute atomic E-state index is 0.302. The van der Waals surface area contributed by atoms with Gasteiger partial charge in [0, 0.05) is 39.1 Å². The van der Waals surface area contributed by atoms with Crippen LogP contribution >= 0.6 is 0 Å². The Balaban J connectivity index is 2.32. The smallest absolute Gasteiger partial charge is 0.222 e. The first-order valence-electron chi connectivity index (χ1n) is 8.41. The molecule has 0 saturated carbocycles. The van der Waals surface area contributed by atoms with Crippen LogP contribution in [-0.2, 0) is 4.79 Å². The van der Waals surface area contributed by atoms with Crippen molar-refractivity contribution in [3.63, 3.8) is 0 Å². The molecule has 0 aromatic carbocycles. The van der Waals surface area contributed by atoms with E-state index in [2.05, 4.69) is 39.5 Å². The molecule has 0 spiro atoms. The highest BCUT2D eigenvalue weighted by Crippen LogP contribution is 2.26. The molecule has 2 atom stereocenters. The molecular weight excluding hydrogens is 262 g/mol. The first kappa shape index (κ1) is 18.4. The highest BCUT2D eigenvalue weighted by Gasteiger charge is 2.24. The summed E-state index contributed by atoms with van der Waals surface area (Å²) in [6.45, 7) is 16.6. The molecule has 21 heavy (non-hydrogen) atoms. The van der Waals surface area contributed by atoms with Gasteiger partial charge in [-0.15, -0.1) is 0 Å². The highest BCUT2D eigenvalue weighted by molar-refractivity contribution is 5.76. The predicted octanol–water partition coefficient (Wildman–Crippen LogP) is 2.19. The Morgan fingerprint density at radius 3 is 2.14 bits per heavy atom. The number of nitrogens with two attached hydrogens (primary N) is 1. The average molecular weight is 297 g/mol. The van der Waals surface area contributed by atoms with E-state index in [4.69, 9.17) is 5.73 Å². The van der Waals surface area contributed by atoms with Crippen molar-refractivity contribution in [2.45, 2.75) is 47.5 Å². The topological polar surface area (TPSA) is 49.6 Å². The number of rotatable bonds is 6. The van der Waals surface area contributed by atoms with Crippen LogP contribution in [0.15, 0.2) is 0 Å². The maximum absolute atomic E-state index is 12.4. The summed E-state index contributed by atoms with van der Waals surface area (Å²) in [5.74, 6) is 1.34. The van der Waals surface area contributed by atoms with Gasteiger partial charge in [0.2, 0.25) is 5.91 Å². The lowest BCUT2D eigenvalue weighted by Gasteiger charge is -2.36. The van der Waals surface area contributed by atoms with Gasteiger partial charge in [-0.2, -0.15) is 0 Å². The Kier molecular flexibility index (Phi) is 7.14. The molecule has 2 N–H and O–H groups in total. The van der Waals surface area contributed by atoms with Gasteiger partial charge in [-0.3, -0.25) is 9.69 Å². The van der Waals surface area contributed by atoms with Crippen LogP contribution in [0.25, 0.3) is 0 Å². The quantitative estimate of drug-likeness (QED) is 0.817. The zero-order valence-electron chi connectivity index (χ0n) is 14.7. The van der Waals surface area contributed by atoms with Crippen molar-refractivity contribution < 1.29 is 4.79 Å². The van der Waals surface area contributed by atoms with Crippen molar-refractivity contribution in [3.05, 3.63) is 0 Å². The van der Waals surface area contributed by atoms with E-state index in [9.17, 15) is 4.79 Å². The highest BCUT2D eigenvalue weighted by atomic mass is 16.2. The van der Waals surface area contributed by atoms with Gasteiger partial charge in [0.15, 0.2) is 0 Å². The van der Waals surface area contributed by atoms with E-state index in [1.165, 1.54) is 0 Å². The molecule has 1 amide bonds. The maximum atomic E-state index is 12.4. The number of amides is 1. The fourth-order valence-corrected chi connectivity index (χ4v) is 3.24. The summed E-state index contributed by atoms with van der Waals surface area (Å²) >= 11 is 0. The van der Waals surface area contributed by atoms with E-state index in [0.29, 0.717) is 29.6 Å². The lowest BCUT2D eigenvalue weighted by molar-refractivity contribution is -0.134. The molecule has 0 aliphatic carbocycles. The van der Waals surface area contributed by atoms with E-state index in [0.717, 1.165) is 45.7 Å². The van der Waals surface area contributed by atoms with Crippen LogP contribution in [-0.4, -0.2) is 55.0 Å². The summed E-state index contributed by atoms with van der Waals surface area (Å²) in [4.78, 5) is 16.8. The number of carbonyl (C=O) groups excluding carboxylic acids is 1. The van der Waals surface area contributed by atoms with Gasteiger partial charge < -0.3 is 10.6 Å². The second kappa shape index (κ2) is 8.14. The minimum Gasteiger partial charge on any atom is -0.340 e. The molecule has 1 aliphatic heterocycles. The Hall–Kier alpha value is -0.610. The van der Waals surface area contributed by atoms with Crippen LogP contribution in [0.3, 0.4) is 0 Å². The molecule has 124 valence electrons. The van der Waals surface area contributed by atoms with Crippen molar-refractivity contribution in [3.8, 4) is 0 Å². The summed E-state index contributed by atoms with van der Waals surface area (Å²) in [6.07, 6.45) is 1.79. The van der Waals surface area contributed by atoms with Crippen LogP contribution < -0.4 is 5.73 Å². The molecule has 1 fully saturated rings. The van der Waals surface area contributed by atoms with Gasteiger partial charge in [-0.05, 0) is 30.2 Å². The summed E-state index contributed by atoms with van der Waals surface area (Å²) in [7, 11) is 0. The van der Waals surface area contributed by atoms with E-state index in [1.54, 1.807) is 0 Å². The molecule has 0 bridgehead atoms. The molecule has 4 nitrogen and oxygen atoms in total. The zero-order valence-corrected chi connectivity index (χ0v) is 14.7. The van der Waals surface area contributed by atoms with Crippen molar-refractivity contribution in [1.82, 2.24) is 9.80 Å². The molecule has 0 radical (unpaired) electrons. The summed E-state index contributed by atoms with van der Waals surface area (Å²) in [5, 5.41) is 0. The standard InChI is InChI=1S/C17H35N3O/c1-14(11-17(3,4)5)10-16(21)20-8-6-19(7-9-20)13-15(2)12-18/h14-15H,6-13,18H2,1-5H3. The Morgan fingerprint density at radius 1 is 1.10 bits per heavy atom. The third-order valence-electron chi connectivity index (χ3n) is 4.18. The number of nitrogens with zero attached hydrogens (tertiary/aromatic N) is 2. The molecule has 0 aromatic heterocycles. The number of hydrogen-bond acceptors (Lipinski definition) is 3. The van der Waals surface area contributed by atoms with E-state index in [1.807, 2.05) is 4.90 Å². The zero-order chi connectivity index (χ0) is 16.0. The van der Waals surface area contributed by atoms with Crippen molar-refractivity contribution in [1.29, 1.82) is 0 Å². The molecule has 1 aliphatic rings. The lowest BCUT2D eigenvalue weighted by Crippen LogP contribution is -2.50. The summed E-state index contributed by atoms with van der Waals surface area (Å²) < 4.78 is 0. The second-order valence-electron chi connectivity index (χ2n) is 8.10. The third-order valence-corrected chi connectivity index (χ3v) is 4.18. The normalized spacial score (nSPS) is 20.4. The molecule has 2 unspecified atom stereocenters. The summed E-state index contributed by atoms with van der Waals surface area (Å²) in [6, 6.07) is 0. The number of carbonyl (C=O) groups is 1. The molecule has 0 aromatic rings. The number of hydrogen-bond donors (Lipinski definition) is 1. The molecule has 1 heterocycles. The summed E-state index contributed by atoms with van der Waals surface area (Å²) in [5.41, 5.74) is 5.98. The first-order valence-corrected chi connectivity index (χ1v) is 8.41. The van der Waals surface area contributed by atoms with Crippen molar-refractivity contribution in [2.24, 2.45) is 23.0 Å². The molecular formula is C17H35N3O. The maximum Gasteiger partial charge on any atom is 0.222 e. The van der Waals surface area contributed by atoms with Crippen molar-refractivity contribution >= 4 is 5.91 Å². The van der Waals surface area contributed by atoms with E-state index in [-0.39, 0.29) is 0 Å². The SMILES string of the molecule is CC(CN)CN1CCN(C(=O)CC(C)CC(C)(C)C)CC1. The van der Waals surface area contributed by atoms with Gasteiger partial charge in [0.05, 0.1) is 0 Å². The number of piperazine rings is 1.